The Labute approximate surface area is 225 Å². The molecule has 8 nitrogen and oxygen atoms in total. The number of ether oxygens (including phenoxy) is 2. The van der Waals surface area contributed by atoms with Crippen LogP contribution >= 0.6 is 0 Å². The Hall–Kier alpha value is -2.30. The molecule has 2 N–H and O–H groups in total. The average Bonchev–Trinajstić information content (AvgIpc) is 3.43. The van der Waals surface area contributed by atoms with Gasteiger partial charge in [0.1, 0.15) is 17.8 Å². The van der Waals surface area contributed by atoms with Crippen molar-refractivity contribution in [1.29, 1.82) is 0 Å². The van der Waals surface area contributed by atoms with Gasteiger partial charge in [0, 0.05) is 11.8 Å². The summed E-state index contributed by atoms with van der Waals surface area (Å²) in [6.45, 7) is 14.9. The third-order valence-corrected chi connectivity index (χ3v) is 13.2. The Kier molecular flexibility index (Phi) is 7.82. The summed E-state index contributed by atoms with van der Waals surface area (Å²) in [5.41, 5.74) is -1.63. The maximum absolute atomic E-state index is 12.9. The van der Waals surface area contributed by atoms with Gasteiger partial charge in [-0.2, -0.15) is 0 Å². The van der Waals surface area contributed by atoms with Crippen molar-refractivity contribution in [2.24, 2.45) is 0 Å². The van der Waals surface area contributed by atoms with Gasteiger partial charge in [-0.15, -0.1) is 0 Å². The van der Waals surface area contributed by atoms with Crippen LogP contribution in [0, 0.1) is 6.92 Å². The van der Waals surface area contributed by atoms with Crippen LogP contribution < -0.4 is 11.2 Å². The number of nitrogens with zero attached hydrogens (tertiary/aromatic N) is 1. The number of aryl methyl sites for hydroxylation is 1. The minimum atomic E-state index is -2.31. The van der Waals surface area contributed by atoms with E-state index in [1.807, 2.05) is 37.3 Å². The van der Waals surface area contributed by atoms with Crippen LogP contribution in [0.15, 0.2) is 58.3 Å². The van der Waals surface area contributed by atoms with E-state index in [1.54, 1.807) is 6.92 Å². The minimum Gasteiger partial charge on any atom is -0.408 e. The van der Waals surface area contributed by atoms with E-state index in [0.717, 1.165) is 5.56 Å². The minimum absolute atomic E-state index is 0.0541. The summed E-state index contributed by atoms with van der Waals surface area (Å²) >= 11 is 0. The third-order valence-electron chi connectivity index (χ3n) is 8.70. The summed E-state index contributed by atoms with van der Waals surface area (Å²) in [6, 6.07) is 9.79. The van der Waals surface area contributed by atoms with Crippen molar-refractivity contribution < 1.29 is 19.0 Å². The second kappa shape index (κ2) is 10.4. The number of nitrogens with one attached hydrogen (secondary N) is 1. The summed E-state index contributed by atoms with van der Waals surface area (Å²) < 4.78 is 21.9. The molecule has 0 bridgehead atoms. The van der Waals surface area contributed by atoms with Gasteiger partial charge in [0.25, 0.3) is 5.56 Å². The number of aromatic amines is 1. The molecule has 1 aliphatic carbocycles. The molecule has 2 heterocycles. The first-order valence-corrected chi connectivity index (χ1v) is 16.4. The molecule has 208 valence electrons. The number of aliphatic hydroxyl groups excluding tert-OH is 1. The lowest BCUT2D eigenvalue weighted by atomic mass is 9.74. The highest BCUT2D eigenvalue weighted by Gasteiger charge is 2.67. The molecule has 0 spiro atoms. The second-order valence-corrected chi connectivity index (χ2v) is 16.9. The molecular weight excluding hydrogens is 500 g/mol. The van der Waals surface area contributed by atoms with Crippen molar-refractivity contribution in [3.05, 3.63) is 80.6 Å². The van der Waals surface area contributed by atoms with Gasteiger partial charge in [0.15, 0.2) is 14.5 Å². The lowest BCUT2D eigenvalue weighted by molar-refractivity contribution is -0.215. The summed E-state index contributed by atoms with van der Waals surface area (Å²) in [5, 5.41) is 11.7. The van der Waals surface area contributed by atoms with E-state index in [0.29, 0.717) is 24.8 Å². The van der Waals surface area contributed by atoms with E-state index >= 15 is 0 Å². The van der Waals surface area contributed by atoms with Crippen molar-refractivity contribution >= 4 is 8.32 Å². The van der Waals surface area contributed by atoms with Crippen LogP contribution in [0.2, 0.25) is 18.1 Å². The van der Waals surface area contributed by atoms with Crippen LogP contribution in [0.25, 0.3) is 0 Å². The number of rotatable bonds is 8. The Morgan fingerprint density at radius 2 is 1.79 bits per heavy atom. The molecule has 1 aromatic carbocycles. The van der Waals surface area contributed by atoms with Crippen LogP contribution in [0.4, 0.5) is 0 Å². The zero-order valence-electron chi connectivity index (χ0n) is 23.6. The molecule has 0 saturated carbocycles. The van der Waals surface area contributed by atoms with E-state index in [1.165, 1.54) is 10.8 Å². The molecule has 1 fully saturated rings. The van der Waals surface area contributed by atoms with Crippen LogP contribution in [0.3, 0.4) is 0 Å². The second-order valence-electron chi connectivity index (χ2n) is 12.2. The number of aromatic nitrogens is 2. The first kappa shape index (κ1) is 28.7. The molecule has 0 amide bonds. The fraction of sp³-hybridized carbons (Fsp3) is 0.586. The SMILES string of the molecule is CC[C@@]1(C2(O[Si](C)(C)C(C)(C)C)CC=CC2)O[C@@H](n2cc(C)c(=O)[nH]c2=O)[C@@H](O)C1OCc1ccccc1. The predicted molar refractivity (Wildman–Crippen MR) is 150 cm³/mol. The van der Waals surface area contributed by atoms with Gasteiger partial charge in [-0.25, -0.2) is 4.79 Å². The smallest absolute Gasteiger partial charge is 0.330 e. The topological polar surface area (TPSA) is 103 Å². The summed E-state index contributed by atoms with van der Waals surface area (Å²) in [4.78, 5) is 27.3. The first-order chi connectivity index (χ1) is 17.8. The highest BCUT2D eigenvalue weighted by molar-refractivity contribution is 6.74. The number of benzene rings is 1. The Bertz CT molecular complexity index is 1270. The molecule has 9 heteroatoms. The third kappa shape index (κ3) is 4.91. The Balaban J connectivity index is 1.84. The van der Waals surface area contributed by atoms with Gasteiger partial charge in [0.2, 0.25) is 0 Å². The van der Waals surface area contributed by atoms with Crippen molar-refractivity contribution in [3.8, 4) is 0 Å². The first-order valence-electron chi connectivity index (χ1n) is 13.5. The Morgan fingerprint density at radius 3 is 2.37 bits per heavy atom. The van der Waals surface area contributed by atoms with Crippen molar-refractivity contribution in [2.45, 2.75) is 108 Å². The molecular formula is C29H42N2O6Si. The molecule has 2 aromatic rings. The van der Waals surface area contributed by atoms with Gasteiger partial charge in [-0.05, 0) is 49.9 Å². The standard InChI is InChI=1S/C29H42N2O6Si/c1-8-29(28(16-12-13-17-28)37-38(6,7)27(3,4)5)23(35-19-21-14-10-9-11-15-21)22(32)25(36-29)31-18-20(2)24(33)30-26(31)34/h9-15,18,22-23,25,32H,8,16-17,19H2,1-7H3,(H,30,33,34)/t22-,23?,25+,29+/m0/s1. The van der Waals surface area contributed by atoms with Gasteiger partial charge < -0.3 is 19.0 Å². The maximum atomic E-state index is 12.9. The van der Waals surface area contributed by atoms with E-state index in [9.17, 15) is 14.7 Å². The molecule has 0 radical (unpaired) electrons. The van der Waals surface area contributed by atoms with Gasteiger partial charge >= 0.3 is 5.69 Å². The monoisotopic (exact) mass is 542 g/mol. The lowest BCUT2D eigenvalue weighted by Gasteiger charge is -2.53. The predicted octanol–water partition coefficient (Wildman–Crippen LogP) is 4.58. The van der Waals surface area contributed by atoms with Crippen molar-refractivity contribution in [3.63, 3.8) is 0 Å². The van der Waals surface area contributed by atoms with Crippen LogP contribution in [-0.4, -0.2) is 46.4 Å². The fourth-order valence-corrected chi connectivity index (χ4v) is 7.15. The summed E-state index contributed by atoms with van der Waals surface area (Å²) in [7, 11) is -2.31. The average molecular weight is 543 g/mol. The highest BCUT2D eigenvalue weighted by atomic mass is 28.4. The Morgan fingerprint density at radius 1 is 1.16 bits per heavy atom. The number of hydrogen-bond acceptors (Lipinski definition) is 6. The van der Waals surface area contributed by atoms with Gasteiger partial charge in [0.05, 0.1) is 12.2 Å². The van der Waals surface area contributed by atoms with E-state index in [2.05, 4.69) is 51.0 Å². The quantitative estimate of drug-likeness (QED) is 0.374. The molecule has 38 heavy (non-hydrogen) atoms. The zero-order chi connectivity index (χ0) is 27.9. The number of aliphatic hydroxyl groups is 1. The largest absolute Gasteiger partial charge is 0.408 e. The van der Waals surface area contributed by atoms with E-state index in [4.69, 9.17) is 13.9 Å². The molecule has 4 atom stereocenters. The lowest BCUT2D eigenvalue weighted by Crippen LogP contribution is -2.65. The molecule has 2 aliphatic rings. The maximum Gasteiger partial charge on any atom is 0.330 e. The van der Waals surface area contributed by atoms with Crippen LogP contribution in [0.5, 0.6) is 0 Å². The summed E-state index contributed by atoms with van der Waals surface area (Å²) in [5.74, 6) is 0. The van der Waals surface area contributed by atoms with Crippen molar-refractivity contribution in [2.75, 3.05) is 0 Å². The normalized spacial score (nSPS) is 27.2. The molecule has 4 rings (SSSR count). The number of hydrogen-bond donors (Lipinski definition) is 2. The van der Waals surface area contributed by atoms with E-state index < -0.39 is 49.2 Å². The molecule has 1 unspecified atom stereocenters. The summed E-state index contributed by atoms with van der Waals surface area (Å²) in [6.07, 6.45) is 4.35. The number of H-pyrrole nitrogens is 1. The fourth-order valence-electron chi connectivity index (χ4n) is 5.53. The van der Waals surface area contributed by atoms with Gasteiger partial charge in [-0.1, -0.05) is 70.2 Å². The zero-order valence-corrected chi connectivity index (χ0v) is 24.6. The highest BCUT2D eigenvalue weighted by Crippen LogP contribution is 2.55. The molecule has 1 aromatic heterocycles. The van der Waals surface area contributed by atoms with Gasteiger partial charge in [-0.3, -0.25) is 14.3 Å². The van der Waals surface area contributed by atoms with Crippen LogP contribution in [-0.2, 0) is 20.5 Å². The molecule has 1 aliphatic heterocycles. The van der Waals surface area contributed by atoms with Crippen molar-refractivity contribution in [1.82, 2.24) is 9.55 Å². The molecule has 1 saturated heterocycles. The van der Waals surface area contributed by atoms with E-state index in [-0.39, 0.29) is 11.6 Å². The van der Waals surface area contributed by atoms with Crippen LogP contribution in [0.1, 0.15) is 64.3 Å².